The van der Waals surface area contributed by atoms with Crippen molar-refractivity contribution >= 4 is 17.4 Å². The average molecular weight is 223 g/mol. The van der Waals surface area contributed by atoms with Gasteiger partial charge in [-0.1, -0.05) is 0 Å². The number of nitrogens with zero attached hydrogens (tertiary/aromatic N) is 1. The Morgan fingerprint density at radius 1 is 1.33 bits per heavy atom. The van der Waals surface area contributed by atoms with Crippen LogP contribution in [0.3, 0.4) is 0 Å². The largest absolute Gasteiger partial charge is 0.490 e. The predicted octanol–water partition coefficient (Wildman–Crippen LogP) is 3.02. The zero-order valence-electron chi connectivity index (χ0n) is 9.49. The standard InChI is InChI=1S/C12H17NOS/c1-13(2)11-7-6-10(8-12(11)15-3)14-9-4-5-9/h6-9H,4-5H2,1-3H3. The van der Waals surface area contributed by atoms with Gasteiger partial charge < -0.3 is 9.64 Å². The number of rotatable bonds is 4. The highest BCUT2D eigenvalue weighted by atomic mass is 32.2. The molecule has 0 saturated heterocycles. The Kier molecular flexibility index (Phi) is 3.10. The summed E-state index contributed by atoms with van der Waals surface area (Å²) >= 11 is 1.76. The average Bonchev–Trinajstić information content (AvgIpc) is 3.01. The Bertz CT molecular complexity index is 347. The van der Waals surface area contributed by atoms with Crippen molar-refractivity contribution in [1.29, 1.82) is 0 Å². The molecule has 0 radical (unpaired) electrons. The molecule has 1 aromatic rings. The summed E-state index contributed by atoms with van der Waals surface area (Å²) in [5.41, 5.74) is 1.26. The summed E-state index contributed by atoms with van der Waals surface area (Å²) < 4.78 is 5.77. The fraction of sp³-hybridized carbons (Fsp3) is 0.500. The van der Waals surface area contributed by atoms with Crippen molar-refractivity contribution in [2.75, 3.05) is 25.3 Å². The highest BCUT2D eigenvalue weighted by molar-refractivity contribution is 7.98. The van der Waals surface area contributed by atoms with Crippen molar-refractivity contribution in [3.63, 3.8) is 0 Å². The van der Waals surface area contributed by atoms with Crippen molar-refractivity contribution in [2.24, 2.45) is 0 Å². The third kappa shape index (κ3) is 2.59. The van der Waals surface area contributed by atoms with Crippen LogP contribution in [0.1, 0.15) is 12.8 Å². The van der Waals surface area contributed by atoms with Crippen molar-refractivity contribution in [2.45, 2.75) is 23.8 Å². The van der Waals surface area contributed by atoms with Crippen LogP contribution in [-0.2, 0) is 0 Å². The van der Waals surface area contributed by atoms with E-state index in [9.17, 15) is 0 Å². The highest BCUT2D eigenvalue weighted by Crippen LogP contribution is 2.34. The quantitative estimate of drug-likeness (QED) is 0.728. The third-order valence-electron chi connectivity index (χ3n) is 2.46. The molecule has 1 fully saturated rings. The molecule has 0 heterocycles. The molecule has 0 N–H and O–H groups in total. The summed E-state index contributed by atoms with van der Waals surface area (Å²) in [5.74, 6) is 1.01. The van der Waals surface area contributed by atoms with Crippen molar-refractivity contribution < 1.29 is 4.74 Å². The zero-order chi connectivity index (χ0) is 10.8. The van der Waals surface area contributed by atoms with E-state index in [4.69, 9.17) is 4.74 Å². The van der Waals surface area contributed by atoms with Gasteiger partial charge in [-0.25, -0.2) is 0 Å². The van der Waals surface area contributed by atoms with Gasteiger partial charge in [0.05, 0.1) is 11.8 Å². The first-order valence-corrected chi connectivity index (χ1v) is 6.45. The third-order valence-corrected chi connectivity index (χ3v) is 3.23. The van der Waals surface area contributed by atoms with Crippen LogP contribution < -0.4 is 9.64 Å². The molecule has 0 aromatic heterocycles. The maximum absolute atomic E-state index is 5.77. The molecule has 3 heteroatoms. The molecule has 0 aliphatic heterocycles. The number of ether oxygens (including phenoxy) is 1. The van der Waals surface area contributed by atoms with Gasteiger partial charge in [0.25, 0.3) is 0 Å². The fourth-order valence-electron chi connectivity index (χ4n) is 1.48. The van der Waals surface area contributed by atoms with Gasteiger partial charge in [0, 0.05) is 19.0 Å². The van der Waals surface area contributed by atoms with E-state index in [1.165, 1.54) is 23.4 Å². The van der Waals surface area contributed by atoms with Crippen LogP contribution in [0.5, 0.6) is 5.75 Å². The number of anilines is 1. The zero-order valence-corrected chi connectivity index (χ0v) is 10.3. The number of benzene rings is 1. The van der Waals surface area contributed by atoms with E-state index in [-0.39, 0.29) is 0 Å². The Labute approximate surface area is 95.6 Å². The second-order valence-corrected chi connectivity index (χ2v) is 4.89. The molecule has 1 saturated carbocycles. The van der Waals surface area contributed by atoms with E-state index >= 15 is 0 Å². The Morgan fingerprint density at radius 3 is 2.60 bits per heavy atom. The SMILES string of the molecule is CSc1cc(OC2CC2)ccc1N(C)C. The first kappa shape index (κ1) is 10.7. The number of hydrogen-bond donors (Lipinski definition) is 0. The van der Waals surface area contributed by atoms with E-state index in [0.717, 1.165) is 5.75 Å². The summed E-state index contributed by atoms with van der Waals surface area (Å²) in [7, 11) is 4.13. The lowest BCUT2D eigenvalue weighted by Crippen LogP contribution is -2.09. The lowest BCUT2D eigenvalue weighted by Gasteiger charge is -2.17. The summed E-state index contributed by atoms with van der Waals surface area (Å²) in [6.07, 6.45) is 5.00. The molecule has 2 rings (SSSR count). The van der Waals surface area contributed by atoms with Gasteiger partial charge in [0.2, 0.25) is 0 Å². The van der Waals surface area contributed by atoms with E-state index < -0.39 is 0 Å². The molecule has 15 heavy (non-hydrogen) atoms. The fourth-order valence-corrected chi connectivity index (χ4v) is 2.17. The second-order valence-electron chi connectivity index (χ2n) is 4.05. The van der Waals surface area contributed by atoms with Crippen LogP contribution in [-0.4, -0.2) is 26.5 Å². The van der Waals surface area contributed by atoms with Crippen LogP contribution in [0.15, 0.2) is 23.1 Å². The van der Waals surface area contributed by atoms with Crippen molar-refractivity contribution in [1.82, 2.24) is 0 Å². The first-order chi connectivity index (χ1) is 7.20. The van der Waals surface area contributed by atoms with Gasteiger partial charge in [0.1, 0.15) is 5.75 Å². The molecule has 0 spiro atoms. The van der Waals surface area contributed by atoms with E-state index in [0.29, 0.717) is 6.10 Å². The van der Waals surface area contributed by atoms with E-state index in [1.807, 2.05) is 0 Å². The summed E-state index contributed by atoms with van der Waals surface area (Å²) in [5, 5.41) is 0. The minimum atomic E-state index is 0.477. The minimum absolute atomic E-state index is 0.477. The predicted molar refractivity (Wildman–Crippen MR) is 66.2 cm³/mol. The molecule has 0 unspecified atom stereocenters. The Balaban J connectivity index is 2.20. The van der Waals surface area contributed by atoms with Crippen molar-refractivity contribution in [3.05, 3.63) is 18.2 Å². The van der Waals surface area contributed by atoms with Gasteiger partial charge in [-0.15, -0.1) is 11.8 Å². The second kappa shape index (κ2) is 4.35. The summed E-state index contributed by atoms with van der Waals surface area (Å²) in [6.45, 7) is 0. The molecular weight excluding hydrogens is 206 g/mol. The molecule has 2 nitrogen and oxygen atoms in total. The Hall–Kier alpha value is -0.830. The monoisotopic (exact) mass is 223 g/mol. The van der Waals surface area contributed by atoms with Crippen molar-refractivity contribution in [3.8, 4) is 5.75 Å². The summed E-state index contributed by atoms with van der Waals surface area (Å²) in [6, 6.07) is 6.33. The van der Waals surface area contributed by atoms with Gasteiger partial charge in [-0.05, 0) is 37.3 Å². The lowest BCUT2D eigenvalue weighted by atomic mass is 10.3. The lowest BCUT2D eigenvalue weighted by molar-refractivity contribution is 0.302. The van der Waals surface area contributed by atoms with Gasteiger partial charge in [0.15, 0.2) is 0 Å². The molecule has 1 aromatic carbocycles. The van der Waals surface area contributed by atoms with Gasteiger partial charge >= 0.3 is 0 Å². The maximum atomic E-state index is 5.77. The highest BCUT2D eigenvalue weighted by Gasteiger charge is 2.23. The molecule has 82 valence electrons. The first-order valence-electron chi connectivity index (χ1n) is 5.22. The van der Waals surface area contributed by atoms with Crippen LogP contribution in [0, 0.1) is 0 Å². The Morgan fingerprint density at radius 2 is 2.07 bits per heavy atom. The molecule has 0 bridgehead atoms. The van der Waals surface area contributed by atoms with E-state index in [1.54, 1.807) is 11.8 Å². The molecule has 0 amide bonds. The van der Waals surface area contributed by atoms with Crippen LogP contribution >= 0.6 is 11.8 Å². The molecule has 1 aliphatic carbocycles. The smallest absolute Gasteiger partial charge is 0.120 e. The van der Waals surface area contributed by atoms with Crippen LogP contribution in [0.4, 0.5) is 5.69 Å². The topological polar surface area (TPSA) is 12.5 Å². The number of thioether (sulfide) groups is 1. The van der Waals surface area contributed by atoms with E-state index in [2.05, 4.69) is 43.5 Å². The summed E-state index contributed by atoms with van der Waals surface area (Å²) in [4.78, 5) is 3.41. The molecule has 1 aliphatic rings. The molecule has 0 atom stereocenters. The number of hydrogen-bond acceptors (Lipinski definition) is 3. The van der Waals surface area contributed by atoms with Gasteiger partial charge in [-0.3, -0.25) is 0 Å². The minimum Gasteiger partial charge on any atom is -0.490 e. The van der Waals surface area contributed by atoms with Gasteiger partial charge in [-0.2, -0.15) is 0 Å². The van der Waals surface area contributed by atoms with Crippen LogP contribution in [0.2, 0.25) is 0 Å². The normalized spacial score (nSPS) is 15.1. The maximum Gasteiger partial charge on any atom is 0.120 e. The van der Waals surface area contributed by atoms with Crippen LogP contribution in [0.25, 0.3) is 0 Å². The molecular formula is C12H17NOS.